The Morgan fingerprint density at radius 3 is 2.26 bits per heavy atom. The number of morpholine rings is 2. The summed E-state index contributed by atoms with van der Waals surface area (Å²) in [4.78, 5) is 17.1. The Kier molecular flexibility index (Phi) is 4.78. The molecule has 0 aromatic heterocycles. The molecule has 0 aromatic carbocycles. The van der Waals surface area contributed by atoms with Crippen LogP contribution >= 0.6 is 0 Å². The van der Waals surface area contributed by atoms with Crippen molar-refractivity contribution in [3.63, 3.8) is 0 Å². The van der Waals surface area contributed by atoms with Gasteiger partial charge in [-0.1, -0.05) is 19.4 Å². The van der Waals surface area contributed by atoms with Crippen LogP contribution < -0.4 is 0 Å². The zero-order valence-corrected chi connectivity index (χ0v) is 14.6. The molecule has 3 rings (SSSR count). The molecule has 23 heavy (non-hydrogen) atoms. The lowest BCUT2D eigenvalue weighted by Gasteiger charge is -2.34. The van der Waals surface area contributed by atoms with Gasteiger partial charge in [-0.05, 0) is 18.6 Å². The second-order valence-electron chi connectivity index (χ2n) is 7.09. The Bertz CT molecular complexity index is 524. The van der Waals surface area contributed by atoms with Crippen LogP contribution in [0.3, 0.4) is 0 Å². The van der Waals surface area contributed by atoms with Gasteiger partial charge in [0.2, 0.25) is 5.91 Å². The fraction of sp³-hybridized carbons (Fsp3) is 0.722. The van der Waals surface area contributed by atoms with Crippen molar-refractivity contribution < 1.29 is 14.3 Å². The second-order valence-corrected chi connectivity index (χ2v) is 7.09. The third-order valence-electron chi connectivity index (χ3n) is 5.45. The van der Waals surface area contributed by atoms with Gasteiger partial charge >= 0.3 is 0 Å². The van der Waals surface area contributed by atoms with Crippen LogP contribution in [0.5, 0.6) is 0 Å². The summed E-state index contributed by atoms with van der Waals surface area (Å²) in [6, 6.07) is 0. The Balaban J connectivity index is 1.81. The summed E-state index contributed by atoms with van der Waals surface area (Å²) in [5.41, 5.74) is 3.80. The number of rotatable bonds is 3. The van der Waals surface area contributed by atoms with Crippen LogP contribution in [-0.4, -0.2) is 68.3 Å². The van der Waals surface area contributed by atoms with E-state index in [9.17, 15) is 4.79 Å². The maximum absolute atomic E-state index is 12.7. The van der Waals surface area contributed by atoms with Crippen LogP contribution in [0.1, 0.15) is 27.2 Å². The summed E-state index contributed by atoms with van der Waals surface area (Å²) in [5.74, 6) is 0.227. The zero-order valence-electron chi connectivity index (χ0n) is 14.6. The summed E-state index contributed by atoms with van der Waals surface area (Å²) in [5, 5.41) is 0. The molecule has 2 aliphatic heterocycles. The Labute approximate surface area is 138 Å². The minimum Gasteiger partial charge on any atom is -0.378 e. The number of amides is 1. The number of carbonyl (C=O) groups is 1. The predicted molar refractivity (Wildman–Crippen MR) is 89.0 cm³/mol. The number of ether oxygens (including phenoxy) is 2. The van der Waals surface area contributed by atoms with E-state index in [1.807, 2.05) is 4.90 Å². The molecule has 0 bridgehead atoms. The first-order valence-corrected chi connectivity index (χ1v) is 8.61. The molecule has 2 saturated heterocycles. The maximum Gasteiger partial charge on any atom is 0.226 e. The molecule has 1 aliphatic carbocycles. The van der Waals surface area contributed by atoms with Crippen molar-refractivity contribution in [3.8, 4) is 0 Å². The topological polar surface area (TPSA) is 42.0 Å². The standard InChI is InChI=1S/C18H28N2O3/c1-14-12-16(19-4-8-22-9-5-19)15(18(14,2)3)13-17(21)20-6-10-23-11-7-20/h12H,4-11,13H2,1-3H3. The fourth-order valence-electron chi connectivity index (χ4n) is 3.50. The molecule has 5 nitrogen and oxygen atoms in total. The summed E-state index contributed by atoms with van der Waals surface area (Å²) in [6.07, 6.45) is 2.78. The molecular formula is C18H28N2O3. The molecule has 0 spiro atoms. The monoisotopic (exact) mass is 320 g/mol. The van der Waals surface area contributed by atoms with E-state index in [4.69, 9.17) is 9.47 Å². The van der Waals surface area contributed by atoms with E-state index >= 15 is 0 Å². The van der Waals surface area contributed by atoms with Crippen LogP contribution in [0.4, 0.5) is 0 Å². The first-order chi connectivity index (χ1) is 11.0. The van der Waals surface area contributed by atoms with E-state index in [1.54, 1.807) is 0 Å². The lowest BCUT2D eigenvalue weighted by Crippen LogP contribution is -2.41. The van der Waals surface area contributed by atoms with Gasteiger partial charge in [0, 0.05) is 37.3 Å². The molecule has 2 heterocycles. The molecule has 3 aliphatic rings. The predicted octanol–water partition coefficient (Wildman–Crippen LogP) is 1.81. The van der Waals surface area contributed by atoms with Gasteiger partial charge in [0.05, 0.1) is 32.8 Å². The molecule has 5 heteroatoms. The minimum atomic E-state index is -0.0460. The van der Waals surface area contributed by atoms with Crippen molar-refractivity contribution in [2.75, 3.05) is 52.6 Å². The highest BCUT2D eigenvalue weighted by Crippen LogP contribution is 2.45. The smallest absolute Gasteiger partial charge is 0.226 e. The number of carbonyl (C=O) groups excluding carboxylic acids is 1. The lowest BCUT2D eigenvalue weighted by molar-refractivity contribution is -0.134. The molecule has 1 amide bonds. The second kappa shape index (κ2) is 6.65. The van der Waals surface area contributed by atoms with Crippen molar-refractivity contribution in [3.05, 3.63) is 22.9 Å². The molecule has 0 atom stereocenters. The van der Waals surface area contributed by atoms with Crippen molar-refractivity contribution in [2.45, 2.75) is 27.2 Å². The first kappa shape index (κ1) is 16.5. The van der Waals surface area contributed by atoms with E-state index < -0.39 is 0 Å². The molecule has 0 unspecified atom stereocenters. The number of hydrogen-bond donors (Lipinski definition) is 0. The summed E-state index contributed by atoms with van der Waals surface area (Å²) in [6.45, 7) is 12.7. The van der Waals surface area contributed by atoms with E-state index in [1.165, 1.54) is 16.8 Å². The van der Waals surface area contributed by atoms with Gasteiger partial charge in [-0.15, -0.1) is 0 Å². The maximum atomic E-state index is 12.7. The van der Waals surface area contributed by atoms with E-state index in [0.29, 0.717) is 32.7 Å². The number of hydrogen-bond acceptors (Lipinski definition) is 4. The van der Waals surface area contributed by atoms with Crippen LogP contribution in [-0.2, 0) is 14.3 Å². The third-order valence-corrected chi connectivity index (χ3v) is 5.45. The average Bonchev–Trinajstić information content (AvgIpc) is 2.80. The van der Waals surface area contributed by atoms with E-state index in [2.05, 4.69) is 31.7 Å². The molecule has 0 N–H and O–H groups in total. The van der Waals surface area contributed by atoms with E-state index in [-0.39, 0.29) is 11.3 Å². The van der Waals surface area contributed by atoms with Crippen molar-refractivity contribution >= 4 is 5.91 Å². The third kappa shape index (κ3) is 3.31. The largest absolute Gasteiger partial charge is 0.378 e. The Morgan fingerprint density at radius 2 is 1.65 bits per heavy atom. The van der Waals surface area contributed by atoms with Crippen LogP contribution in [0.15, 0.2) is 22.9 Å². The Hall–Kier alpha value is -1.33. The highest BCUT2D eigenvalue weighted by molar-refractivity contribution is 5.80. The SMILES string of the molecule is CC1=CC(N2CCOCC2)=C(CC(=O)N2CCOCC2)C1(C)C. The number of nitrogens with zero attached hydrogens (tertiary/aromatic N) is 2. The summed E-state index contributed by atoms with van der Waals surface area (Å²) in [7, 11) is 0. The fourth-order valence-corrected chi connectivity index (χ4v) is 3.50. The van der Waals surface area contributed by atoms with Crippen LogP contribution in [0, 0.1) is 5.41 Å². The van der Waals surface area contributed by atoms with Gasteiger partial charge < -0.3 is 19.3 Å². The molecule has 0 saturated carbocycles. The molecular weight excluding hydrogens is 292 g/mol. The number of allylic oxidation sites excluding steroid dienone is 2. The van der Waals surface area contributed by atoms with E-state index in [0.717, 1.165) is 26.3 Å². The quantitative estimate of drug-likeness (QED) is 0.795. The van der Waals surface area contributed by atoms with Crippen molar-refractivity contribution in [1.82, 2.24) is 9.80 Å². The van der Waals surface area contributed by atoms with Gasteiger partial charge in [0.25, 0.3) is 0 Å². The average molecular weight is 320 g/mol. The van der Waals surface area contributed by atoms with Gasteiger partial charge in [-0.25, -0.2) is 0 Å². The highest BCUT2D eigenvalue weighted by atomic mass is 16.5. The van der Waals surface area contributed by atoms with Crippen molar-refractivity contribution in [2.24, 2.45) is 5.41 Å². The highest BCUT2D eigenvalue weighted by Gasteiger charge is 2.36. The molecule has 2 fully saturated rings. The normalized spacial score (nSPS) is 24.9. The van der Waals surface area contributed by atoms with Crippen LogP contribution in [0.2, 0.25) is 0 Å². The van der Waals surface area contributed by atoms with Gasteiger partial charge in [0.1, 0.15) is 0 Å². The molecule has 0 aromatic rings. The van der Waals surface area contributed by atoms with Gasteiger partial charge in [0.15, 0.2) is 0 Å². The first-order valence-electron chi connectivity index (χ1n) is 8.61. The summed E-state index contributed by atoms with van der Waals surface area (Å²) >= 11 is 0. The lowest BCUT2D eigenvalue weighted by atomic mass is 9.79. The van der Waals surface area contributed by atoms with Crippen LogP contribution in [0.25, 0.3) is 0 Å². The molecule has 128 valence electrons. The van der Waals surface area contributed by atoms with Crippen molar-refractivity contribution in [1.29, 1.82) is 0 Å². The molecule has 0 radical (unpaired) electrons. The zero-order chi connectivity index (χ0) is 16.4. The summed E-state index contributed by atoms with van der Waals surface area (Å²) < 4.78 is 10.8. The van der Waals surface area contributed by atoms with Gasteiger partial charge in [-0.3, -0.25) is 4.79 Å². The Morgan fingerprint density at radius 1 is 1.09 bits per heavy atom. The minimum absolute atomic E-state index is 0.0460. The van der Waals surface area contributed by atoms with Gasteiger partial charge in [-0.2, -0.15) is 0 Å².